The van der Waals surface area contributed by atoms with Crippen molar-refractivity contribution in [3.05, 3.63) is 48.1 Å². The van der Waals surface area contributed by atoms with Gasteiger partial charge in [0, 0.05) is 11.6 Å². The summed E-state index contributed by atoms with van der Waals surface area (Å²) in [6.45, 7) is 13.4. The Kier molecular flexibility index (Phi) is 7.56. The lowest BCUT2D eigenvalue weighted by Crippen LogP contribution is -2.43. The molecule has 0 bridgehead atoms. The van der Waals surface area contributed by atoms with E-state index in [1.165, 1.54) is 5.57 Å². The lowest BCUT2D eigenvalue weighted by Gasteiger charge is -2.42. The summed E-state index contributed by atoms with van der Waals surface area (Å²) in [6, 6.07) is 0. The van der Waals surface area contributed by atoms with Crippen LogP contribution in [-0.4, -0.2) is 25.9 Å². The number of allylic oxidation sites excluding steroid dienone is 5. The molecule has 0 amide bonds. The molecule has 0 spiro atoms. The zero-order chi connectivity index (χ0) is 21.9. The average Bonchev–Trinajstić information content (AvgIpc) is 2.97. The number of hydrogen-bond donors (Lipinski definition) is 1. The van der Waals surface area contributed by atoms with Gasteiger partial charge in [-0.15, -0.1) is 0 Å². The van der Waals surface area contributed by atoms with Crippen molar-refractivity contribution in [3.8, 4) is 0 Å². The van der Waals surface area contributed by atoms with Crippen molar-refractivity contribution in [2.24, 2.45) is 33.8 Å². The Labute approximate surface area is 183 Å². The monoisotopic (exact) mass is 430 g/mol. The number of primary sulfonamides is 1. The largest absolute Gasteiger partial charge is 0.285 e. The Balaban J connectivity index is 1.79. The first kappa shape index (κ1) is 23.2. The zero-order valence-electron chi connectivity index (χ0n) is 18.6. The van der Waals surface area contributed by atoms with Gasteiger partial charge in [-0.05, 0) is 61.0 Å². The van der Waals surface area contributed by atoms with Gasteiger partial charge in [0.15, 0.2) is 0 Å². The molecule has 5 unspecified atom stereocenters. The van der Waals surface area contributed by atoms with Crippen molar-refractivity contribution >= 4 is 15.7 Å². The number of sulfonamides is 1. The summed E-state index contributed by atoms with van der Waals surface area (Å²) in [5.41, 5.74) is 4.65. The minimum Gasteiger partial charge on any atom is -0.285 e. The molecular formula is C25H38N2O2S. The van der Waals surface area contributed by atoms with Crippen LogP contribution in [0, 0.1) is 23.7 Å². The molecule has 0 aromatic carbocycles. The maximum Gasteiger partial charge on any atom is 0.211 e. The molecule has 5 atom stereocenters. The van der Waals surface area contributed by atoms with Gasteiger partial charge in [0.25, 0.3) is 0 Å². The Hall–Kier alpha value is -1.46. The van der Waals surface area contributed by atoms with Crippen molar-refractivity contribution < 1.29 is 8.42 Å². The summed E-state index contributed by atoms with van der Waals surface area (Å²) < 4.78 is 24.2. The fourth-order valence-electron chi connectivity index (χ4n) is 5.90. The Morgan fingerprint density at radius 3 is 2.67 bits per heavy atom. The van der Waals surface area contributed by atoms with Gasteiger partial charge in [0.2, 0.25) is 10.0 Å². The molecule has 3 aliphatic rings. The fourth-order valence-corrected chi connectivity index (χ4v) is 6.89. The van der Waals surface area contributed by atoms with Gasteiger partial charge in [-0.3, -0.25) is 4.99 Å². The van der Waals surface area contributed by atoms with Gasteiger partial charge in [0.05, 0.1) is 11.8 Å². The first-order valence-electron chi connectivity index (χ1n) is 11.6. The molecule has 0 saturated heterocycles. The smallest absolute Gasteiger partial charge is 0.211 e. The van der Waals surface area contributed by atoms with Crippen LogP contribution in [-0.2, 0) is 10.0 Å². The third kappa shape index (κ3) is 5.05. The minimum atomic E-state index is -3.51. The van der Waals surface area contributed by atoms with Crippen LogP contribution in [0.5, 0.6) is 0 Å². The predicted molar refractivity (Wildman–Crippen MR) is 127 cm³/mol. The number of nitrogens with zero attached hydrogens (tertiary/aromatic N) is 1. The van der Waals surface area contributed by atoms with Gasteiger partial charge in [0.1, 0.15) is 0 Å². The van der Waals surface area contributed by atoms with E-state index in [1.807, 2.05) is 0 Å². The summed E-state index contributed by atoms with van der Waals surface area (Å²) in [7, 11) is -3.51. The second-order valence-electron chi connectivity index (χ2n) is 9.30. The van der Waals surface area contributed by atoms with Gasteiger partial charge < -0.3 is 0 Å². The molecule has 30 heavy (non-hydrogen) atoms. The van der Waals surface area contributed by atoms with Gasteiger partial charge in [-0.1, -0.05) is 70.1 Å². The number of hydrogen-bond acceptors (Lipinski definition) is 3. The third-order valence-electron chi connectivity index (χ3n) is 7.32. The quantitative estimate of drug-likeness (QED) is 0.528. The van der Waals surface area contributed by atoms with E-state index in [-0.39, 0.29) is 5.92 Å². The highest BCUT2D eigenvalue weighted by molar-refractivity contribution is 7.89. The summed E-state index contributed by atoms with van der Waals surface area (Å²) >= 11 is 0. The van der Waals surface area contributed by atoms with Gasteiger partial charge in [-0.25, -0.2) is 13.6 Å². The summed E-state index contributed by atoms with van der Waals surface area (Å²) in [6.07, 6.45) is 14.3. The fraction of sp³-hybridized carbons (Fsp3) is 0.640. The molecule has 3 rings (SSSR count). The molecule has 0 radical (unpaired) electrons. The Bertz CT molecular complexity index is 866. The zero-order valence-corrected chi connectivity index (χ0v) is 19.5. The Morgan fingerprint density at radius 1 is 1.23 bits per heavy atom. The number of nitrogens with two attached hydrogens (primary N) is 1. The van der Waals surface area contributed by atoms with E-state index >= 15 is 0 Å². The van der Waals surface area contributed by atoms with Crippen molar-refractivity contribution in [1.82, 2.24) is 0 Å². The van der Waals surface area contributed by atoms with Crippen LogP contribution in [0.25, 0.3) is 0 Å². The first-order valence-corrected chi connectivity index (χ1v) is 13.2. The molecule has 0 aromatic rings. The lowest BCUT2D eigenvalue weighted by molar-refractivity contribution is 0.116. The second kappa shape index (κ2) is 9.78. The van der Waals surface area contributed by atoms with Crippen LogP contribution in [0.3, 0.4) is 0 Å². The predicted octanol–water partition coefficient (Wildman–Crippen LogP) is 5.35. The van der Waals surface area contributed by atoms with E-state index < -0.39 is 15.3 Å². The molecule has 2 N–H and O–H groups in total. The molecular weight excluding hydrogens is 392 g/mol. The summed E-state index contributed by atoms with van der Waals surface area (Å²) in [5, 5.41) is 5.13. The van der Waals surface area contributed by atoms with E-state index in [0.29, 0.717) is 37.1 Å². The van der Waals surface area contributed by atoms with Crippen LogP contribution in [0.15, 0.2) is 53.1 Å². The highest BCUT2D eigenvalue weighted by Gasteiger charge is 2.53. The van der Waals surface area contributed by atoms with Crippen LogP contribution in [0.1, 0.15) is 65.2 Å². The van der Waals surface area contributed by atoms with Crippen molar-refractivity contribution in [2.45, 2.75) is 70.5 Å². The van der Waals surface area contributed by atoms with Gasteiger partial charge in [-0.2, -0.15) is 0 Å². The number of rotatable bonds is 8. The first-order chi connectivity index (χ1) is 14.3. The van der Waals surface area contributed by atoms with E-state index in [4.69, 9.17) is 10.1 Å². The second-order valence-corrected chi connectivity index (χ2v) is 11.1. The molecule has 0 aromatic heterocycles. The molecule has 0 aliphatic heterocycles. The highest BCUT2D eigenvalue weighted by Crippen LogP contribution is 2.55. The van der Waals surface area contributed by atoms with E-state index in [9.17, 15) is 8.42 Å². The maximum atomic E-state index is 12.1. The van der Waals surface area contributed by atoms with Crippen molar-refractivity contribution in [3.63, 3.8) is 0 Å². The molecule has 3 aliphatic carbocycles. The minimum absolute atomic E-state index is 0.198. The average molecular weight is 431 g/mol. The summed E-state index contributed by atoms with van der Waals surface area (Å²) in [4.78, 5) is 4.94. The topological polar surface area (TPSA) is 72.5 Å². The standard InChI is InChI=1S/C25H38N2O2S/c1-5-9-19(14-17(3)6-2)10-8-13-27-25-18(4)22-12-7-11-20-15-21(30(26,28)29)16-23(25)24(20)22/h8,10,14,20-24H,3-7,9,11-13,15-16H2,1-2H3,(H2,26,28,29)/b10-8-,19-14-,27-25?. The normalized spacial score (nSPS) is 33.3. The molecule has 5 heteroatoms. The molecule has 166 valence electrons. The Morgan fingerprint density at radius 2 is 2.00 bits per heavy atom. The molecule has 4 nitrogen and oxygen atoms in total. The lowest BCUT2D eigenvalue weighted by atomic mass is 9.64. The van der Waals surface area contributed by atoms with Crippen LogP contribution >= 0.6 is 0 Å². The van der Waals surface area contributed by atoms with E-state index in [0.717, 1.165) is 55.4 Å². The van der Waals surface area contributed by atoms with Crippen LogP contribution < -0.4 is 5.14 Å². The summed E-state index contributed by atoms with van der Waals surface area (Å²) in [5.74, 6) is 1.62. The van der Waals surface area contributed by atoms with Crippen molar-refractivity contribution in [1.29, 1.82) is 0 Å². The third-order valence-corrected chi connectivity index (χ3v) is 8.63. The van der Waals surface area contributed by atoms with Gasteiger partial charge >= 0.3 is 0 Å². The highest BCUT2D eigenvalue weighted by atomic mass is 32.2. The number of aliphatic imine (C=N–C) groups is 1. The molecule has 3 fully saturated rings. The SMILES string of the molecule is C=C(/C=C(\C=C/CN=C1C(=C)C2CCCC3CC(S(N)(=O)=O)CC1C32)CCC)CC. The van der Waals surface area contributed by atoms with Crippen molar-refractivity contribution in [2.75, 3.05) is 6.54 Å². The maximum absolute atomic E-state index is 12.1. The molecule has 0 heterocycles. The molecule has 3 saturated carbocycles. The van der Waals surface area contributed by atoms with E-state index in [1.54, 1.807) is 0 Å². The van der Waals surface area contributed by atoms with Crippen LogP contribution in [0.4, 0.5) is 0 Å². The van der Waals surface area contributed by atoms with E-state index in [2.05, 4.69) is 45.2 Å². The van der Waals surface area contributed by atoms with Crippen LogP contribution in [0.2, 0.25) is 0 Å².